The van der Waals surface area contributed by atoms with Gasteiger partial charge in [-0.1, -0.05) is 30.5 Å². The van der Waals surface area contributed by atoms with Crippen LogP contribution in [-0.2, 0) is 9.59 Å². The largest absolute Gasteiger partial charge is 0.382 e. The first-order chi connectivity index (χ1) is 14.9. The maximum Gasteiger partial charge on any atom is 0.252 e. The van der Waals surface area contributed by atoms with Gasteiger partial charge in [-0.25, -0.2) is 0 Å². The van der Waals surface area contributed by atoms with Crippen molar-refractivity contribution in [2.24, 2.45) is 5.41 Å². The van der Waals surface area contributed by atoms with Crippen molar-refractivity contribution in [3.05, 3.63) is 34.2 Å². The van der Waals surface area contributed by atoms with Gasteiger partial charge in [-0.05, 0) is 63.8 Å². The molecule has 0 aromatic carbocycles. The van der Waals surface area contributed by atoms with E-state index in [0.717, 1.165) is 80.3 Å². The zero-order valence-corrected chi connectivity index (χ0v) is 20.2. The van der Waals surface area contributed by atoms with Crippen LogP contribution in [0.2, 0.25) is 0 Å². The number of nitrogens with one attached hydrogen (secondary N) is 2. The number of piperidine rings is 2. The highest BCUT2D eigenvalue weighted by Crippen LogP contribution is 2.38. The zero-order chi connectivity index (χ0) is 22.4. The van der Waals surface area contributed by atoms with Crippen LogP contribution in [0.4, 0.5) is 0 Å². The highest BCUT2D eigenvalue weighted by molar-refractivity contribution is 8.06. The van der Waals surface area contributed by atoms with Crippen LogP contribution in [0.15, 0.2) is 34.2 Å². The highest BCUT2D eigenvalue weighted by atomic mass is 32.2. The molecule has 7 heteroatoms. The number of carbonyl (C=O) groups is 2. The molecule has 1 atom stereocenters. The van der Waals surface area contributed by atoms with Gasteiger partial charge >= 0.3 is 0 Å². The Morgan fingerprint density at radius 3 is 2.65 bits per heavy atom. The molecular weight excluding hydrogens is 408 g/mol. The SMILES string of the molecule is C=C(C)S/C(NC)=C(\C/C=C\C)C(=O)N1CCC(N2CCCC3(CCNC3=O)C2)CC1. The summed E-state index contributed by atoms with van der Waals surface area (Å²) in [6.45, 7) is 12.2. The first kappa shape index (κ1) is 23.9. The first-order valence-electron chi connectivity index (χ1n) is 11.6. The van der Waals surface area contributed by atoms with Gasteiger partial charge < -0.3 is 15.5 Å². The van der Waals surface area contributed by atoms with Crippen molar-refractivity contribution in [3.8, 4) is 0 Å². The molecule has 0 bridgehead atoms. The quantitative estimate of drug-likeness (QED) is 0.464. The Hall–Kier alpha value is -1.73. The van der Waals surface area contributed by atoms with E-state index in [2.05, 4.69) is 22.1 Å². The maximum absolute atomic E-state index is 13.4. The molecule has 0 aromatic heterocycles. The number of likely N-dealkylation sites (tertiary alicyclic amines) is 2. The highest BCUT2D eigenvalue weighted by Gasteiger charge is 2.46. The molecule has 1 spiro atoms. The second kappa shape index (κ2) is 10.7. The lowest BCUT2D eigenvalue weighted by Crippen LogP contribution is -2.54. The molecular formula is C24H38N4O2S. The average Bonchev–Trinajstić information content (AvgIpc) is 3.11. The van der Waals surface area contributed by atoms with E-state index in [9.17, 15) is 9.59 Å². The third kappa shape index (κ3) is 5.55. The Bertz CT molecular complexity index is 755. The van der Waals surface area contributed by atoms with Gasteiger partial charge in [0.1, 0.15) is 0 Å². The van der Waals surface area contributed by atoms with Crippen molar-refractivity contribution < 1.29 is 9.59 Å². The summed E-state index contributed by atoms with van der Waals surface area (Å²) in [6.07, 6.45) is 9.66. The average molecular weight is 447 g/mol. The fraction of sp³-hybridized carbons (Fsp3) is 0.667. The molecule has 0 saturated carbocycles. The third-order valence-electron chi connectivity index (χ3n) is 6.84. The smallest absolute Gasteiger partial charge is 0.252 e. The van der Waals surface area contributed by atoms with Gasteiger partial charge in [0.15, 0.2) is 0 Å². The Labute approximate surface area is 191 Å². The minimum Gasteiger partial charge on any atom is -0.382 e. The summed E-state index contributed by atoms with van der Waals surface area (Å²) in [7, 11) is 1.87. The Balaban J connectivity index is 1.64. The van der Waals surface area contributed by atoms with Crippen LogP contribution in [0.25, 0.3) is 0 Å². The summed E-state index contributed by atoms with van der Waals surface area (Å²) in [5.41, 5.74) is 0.640. The van der Waals surface area contributed by atoms with Crippen LogP contribution in [0.1, 0.15) is 52.4 Å². The lowest BCUT2D eigenvalue weighted by Gasteiger charge is -2.45. The summed E-state index contributed by atoms with van der Waals surface area (Å²) in [4.78, 5) is 31.3. The minimum absolute atomic E-state index is 0.125. The molecule has 0 radical (unpaired) electrons. The lowest BCUT2D eigenvalue weighted by molar-refractivity contribution is -0.131. The van der Waals surface area contributed by atoms with Gasteiger partial charge in [0.2, 0.25) is 5.91 Å². The van der Waals surface area contributed by atoms with E-state index in [1.807, 2.05) is 37.9 Å². The summed E-state index contributed by atoms with van der Waals surface area (Å²) < 4.78 is 0. The summed E-state index contributed by atoms with van der Waals surface area (Å²) in [5, 5.41) is 7.14. The number of amides is 2. The van der Waals surface area contributed by atoms with E-state index in [1.54, 1.807) is 0 Å². The van der Waals surface area contributed by atoms with Crippen LogP contribution < -0.4 is 10.6 Å². The minimum atomic E-state index is -0.172. The van der Waals surface area contributed by atoms with E-state index in [-0.39, 0.29) is 17.2 Å². The van der Waals surface area contributed by atoms with Crippen molar-refractivity contribution >= 4 is 23.6 Å². The second-order valence-corrected chi connectivity index (χ2v) is 10.3. The molecule has 3 saturated heterocycles. The fourth-order valence-electron chi connectivity index (χ4n) is 5.16. The molecule has 31 heavy (non-hydrogen) atoms. The number of hydrogen-bond donors (Lipinski definition) is 2. The van der Waals surface area contributed by atoms with Crippen molar-refractivity contribution in [3.63, 3.8) is 0 Å². The zero-order valence-electron chi connectivity index (χ0n) is 19.3. The Morgan fingerprint density at radius 2 is 2.06 bits per heavy atom. The Kier molecular flexibility index (Phi) is 8.28. The van der Waals surface area contributed by atoms with Gasteiger partial charge in [0.05, 0.1) is 16.0 Å². The predicted octanol–water partition coefficient (Wildman–Crippen LogP) is 3.24. The van der Waals surface area contributed by atoms with E-state index < -0.39 is 0 Å². The molecule has 3 rings (SSSR count). The number of thioether (sulfide) groups is 1. The molecule has 3 aliphatic heterocycles. The molecule has 3 heterocycles. The van der Waals surface area contributed by atoms with Crippen LogP contribution in [0.5, 0.6) is 0 Å². The van der Waals surface area contributed by atoms with Gasteiger partial charge in [0.25, 0.3) is 5.91 Å². The van der Waals surface area contributed by atoms with Gasteiger partial charge in [-0.2, -0.15) is 0 Å². The fourth-order valence-corrected chi connectivity index (χ4v) is 5.90. The van der Waals surface area contributed by atoms with Crippen LogP contribution in [0, 0.1) is 5.41 Å². The van der Waals surface area contributed by atoms with Crippen molar-refractivity contribution in [2.75, 3.05) is 39.8 Å². The molecule has 172 valence electrons. The number of allylic oxidation sites excluding steroid dienone is 3. The monoisotopic (exact) mass is 446 g/mol. The number of hydrogen-bond acceptors (Lipinski definition) is 5. The lowest BCUT2D eigenvalue weighted by atomic mass is 9.77. The standard InChI is InChI=1S/C24H38N4O2S/c1-5-6-8-20(21(25-4)31-18(2)3)22(29)27-15-9-19(10-16-27)28-14-7-11-24(17-28)12-13-26-23(24)30/h5-6,19,25H,2,7-17H2,1,3-4H3,(H,26,30)/b6-5-,21-20+. The van der Waals surface area contributed by atoms with E-state index >= 15 is 0 Å². The summed E-state index contributed by atoms with van der Waals surface area (Å²) >= 11 is 1.53. The number of rotatable bonds is 7. The normalized spacial score (nSPS) is 26.3. The molecule has 3 aliphatic rings. The first-order valence-corrected chi connectivity index (χ1v) is 12.4. The van der Waals surface area contributed by atoms with E-state index in [0.29, 0.717) is 12.5 Å². The van der Waals surface area contributed by atoms with Crippen molar-refractivity contribution in [2.45, 2.75) is 58.4 Å². The predicted molar refractivity (Wildman–Crippen MR) is 128 cm³/mol. The number of carbonyl (C=O) groups excluding carboxylic acids is 2. The molecule has 2 N–H and O–H groups in total. The topological polar surface area (TPSA) is 64.7 Å². The maximum atomic E-state index is 13.4. The second-order valence-electron chi connectivity index (χ2n) is 9.02. The third-order valence-corrected chi connectivity index (χ3v) is 7.84. The van der Waals surface area contributed by atoms with Gasteiger partial charge in [0, 0.05) is 39.3 Å². The molecule has 3 fully saturated rings. The molecule has 2 amide bonds. The van der Waals surface area contributed by atoms with Gasteiger partial charge in [-0.15, -0.1) is 0 Å². The molecule has 1 unspecified atom stereocenters. The molecule has 0 aliphatic carbocycles. The van der Waals surface area contributed by atoms with Crippen LogP contribution in [-0.4, -0.2) is 67.4 Å². The van der Waals surface area contributed by atoms with E-state index in [4.69, 9.17) is 0 Å². The summed E-state index contributed by atoms with van der Waals surface area (Å²) in [6, 6.07) is 0.464. The van der Waals surface area contributed by atoms with Crippen LogP contribution >= 0.6 is 11.8 Å². The van der Waals surface area contributed by atoms with Crippen LogP contribution in [0.3, 0.4) is 0 Å². The molecule has 0 aromatic rings. The van der Waals surface area contributed by atoms with E-state index in [1.165, 1.54) is 11.8 Å². The summed E-state index contributed by atoms with van der Waals surface area (Å²) in [5.74, 6) is 0.373. The molecule has 6 nitrogen and oxygen atoms in total. The van der Waals surface area contributed by atoms with Gasteiger partial charge in [-0.3, -0.25) is 14.5 Å². The Morgan fingerprint density at radius 1 is 1.32 bits per heavy atom. The number of nitrogens with zero attached hydrogens (tertiary/aromatic N) is 2. The van der Waals surface area contributed by atoms with Crippen molar-refractivity contribution in [1.82, 2.24) is 20.4 Å². The van der Waals surface area contributed by atoms with Crippen molar-refractivity contribution in [1.29, 1.82) is 0 Å².